The highest BCUT2D eigenvalue weighted by Crippen LogP contribution is 2.31. The number of nitrogens with one attached hydrogen (secondary N) is 2. The first kappa shape index (κ1) is 15.5. The van der Waals surface area contributed by atoms with Crippen LogP contribution < -0.4 is 14.8 Å². The van der Waals surface area contributed by atoms with Gasteiger partial charge in [-0.15, -0.1) is 0 Å². The summed E-state index contributed by atoms with van der Waals surface area (Å²) in [7, 11) is -1.95. The first-order chi connectivity index (χ1) is 10.8. The normalized spacial score (nSPS) is 17.3. The van der Waals surface area contributed by atoms with E-state index in [1.165, 1.54) is 18.2 Å². The van der Waals surface area contributed by atoms with E-state index >= 15 is 0 Å². The fourth-order valence-corrected chi connectivity index (χ4v) is 3.17. The molecule has 9 heteroatoms. The van der Waals surface area contributed by atoms with Gasteiger partial charge in [0.1, 0.15) is 5.75 Å². The zero-order valence-corrected chi connectivity index (χ0v) is 13.4. The van der Waals surface area contributed by atoms with Crippen LogP contribution in [0.25, 0.3) is 0 Å². The van der Waals surface area contributed by atoms with Gasteiger partial charge < -0.3 is 10.1 Å². The number of nitrogens with zero attached hydrogens (tertiary/aromatic N) is 2. The van der Waals surface area contributed by atoms with E-state index in [2.05, 4.69) is 15.1 Å². The SMILES string of the molecule is C[C@H]1Oc2cc(S(=O)(=O)NCc3ccn(C)n3)ccc2NC1=O. The van der Waals surface area contributed by atoms with Crippen molar-refractivity contribution < 1.29 is 17.9 Å². The molecule has 0 unspecified atom stereocenters. The third-order valence-electron chi connectivity index (χ3n) is 3.41. The molecular weight excluding hydrogens is 320 g/mol. The van der Waals surface area contributed by atoms with Gasteiger partial charge in [-0.2, -0.15) is 5.10 Å². The van der Waals surface area contributed by atoms with Gasteiger partial charge in [-0.3, -0.25) is 9.48 Å². The van der Waals surface area contributed by atoms with E-state index in [0.717, 1.165) is 0 Å². The molecule has 122 valence electrons. The lowest BCUT2D eigenvalue weighted by Gasteiger charge is -2.23. The van der Waals surface area contributed by atoms with Crippen molar-refractivity contribution in [3.05, 3.63) is 36.2 Å². The van der Waals surface area contributed by atoms with Crippen molar-refractivity contribution in [2.24, 2.45) is 7.05 Å². The average molecular weight is 336 g/mol. The number of hydrogen-bond acceptors (Lipinski definition) is 5. The molecule has 0 saturated carbocycles. The van der Waals surface area contributed by atoms with Crippen LogP contribution in [0.3, 0.4) is 0 Å². The van der Waals surface area contributed by atoms with Gasteiger partial charge in [-0.1, -0.05) is 0 Å². The molecule has 1 aromatic heterocycles. The molecule has 8 nitrogen and oxygen atoms in total. The molecule has 0 bridgehead atoms. The topological polar surface area (TPSA) is 102 Å². The molecular formula is C14H16N4O4S. The standard InChI is InChI=1S/C14H16N4O4S/c1-9-14(19)16-12-4-3-11(7-13(12)22-9)23(20,21)15-8-10-5-6-18(2)17-10/h3-7,9,15H,8H2,1-2H3,(H,16,19)/t9-/m1/s1. The lowest BCUT2D eigenvalue weighted by Crippen LogP contribution is -2.34. The number of ether oxygens (including phenoxy) is 1. The molecule has 23 heavy (non-hydrogen) atoms. The van der Waals surface area contributed by atoms with Gasteiger partial charge in [0, 0.05) is 19.3 Å². The van der Waals surface area contributed by atoms with Gasteiger partial charge in [0.2, 0.25) is 10.0 Å². The second kappa shape index (κ2) is 5.67. The van der Waals surface area contributed by atoms with Gasteiger partial charge in [-0.25, -0.2) is 13.1 Å². The molecule has 1 atom stereocenters. The minimum absolute atomic E-state index is 0.0653. The highest BCUT2D eigenvalue weighted by atomic mass is 32.2. The Bertz CT molecular complexity index is 859. The summed E-state index contributed by atoms with van der Waals surface area (Å²) in [5.41, 5.74) is 1.07. The second-order valence-corrected chi connectivity index (χ2v) is 6.98. The molecule has 0 fully saturated rings. The highest BCUT2D eigenvalue weighted by Gasteiger charge is 2.25. The van der Waals surface area contributed by atoms with Gasteiger partial charge in [0.25, 0.3) is 5.91 Å². The first-order valence-corrected chi connectivity index (χ1v) is 8.43. The molecule has 0 aliphatic carbocycles. The van der Waals surface area contributed by atoms with E-state index in [-0.39, 0.29) is 17.3 Å². The number of carbonyl (C=O) groups is 1. The van der Waals surface area contributed by atoms with Crippen LogP contribution in [0.2, 0.25) is 0 Å². The number of benzene rings is 1. The summed E-state index contributed by atoms with van der Waals surface area (Å²) in [5.74, 6) is 0.0687. The number of hydrogen-bond donors (Lipinski definition) is 2. The van der Waals surface area contributed by atoms with Crippen LogP contribution in [0.4, 0.5) is 5.69 Å². The zero-order valence-electron chi connectivity index (χ0n) is 12.6. The minimum Gasteiger partial charge on any atom is -0.479 e. The number of aromatic nitrogens is 2. The molecule has 2 N–H and O–H groups in total. The van der Waals surface area contributed by atoms with Crippen molar-refractivity contribution in [2.75, 3.05) is 5.32 Å². The molecule has 1 amide bonds. The summed E-state index contributed by atoms with van der Waals surface area (Å²) in [4.78, 5) is 11.6. The molecule has 1 aromatic carbocycles. The predicted molar refractivity (Wildman–Crippen MR) is 82.4 cm³/mol. The Hall–Kier alpha value is -2.39. The maximum absolute atomic E-state index is 12.4. The molecule has 0 radical (unpaired) electrons. The van der Waals surface area contributed by atoms with Crippen molar-refractivity contribution in [1.29, 1.82) is 0 Å². The van der Waals surface area contributed by atoms with Crippen LogP contribution in [0.15, 0.2) is 35.4 Å². The van der Waals surface area contributed by atoms with Gasteiger partial charge in [-0.05, 0) is 25.1 Å². The van der Waals surface area contributed by atoms with Crippen molar-refractivity contribution in [3.63, 3.8) is 0 Å². The minimum atomic E-state index is -3.71. The molecule has 0 saturated heterocycles. The Labute approximate surface area is 133 Å². The van der Waals surface area contributed by atoms with E-state index < -0.39 is 16.1 Å². The predicted octanol–water partition coefficient (Wildman–Crippen LogP) is 0.618. The number of aryl methyl sites for hydroxylation is 1. The molecule has 3 rings (SSSR count). The average Bonchev–Trinajstić information content (AvgIpc) is 2.92. The first-order valence-electron chi connectivity index (χ1n) is 6.95. The van der Waals surface area contributed by atoms with Crippen LogP contribution in [-0.2, 0) is 28.4 Å². The summed E-state index contributed by atoms with van der Waals surface area (Å²) in [6, 6.07) is 6.05. The van der Waals surface area contributed by atoms with Crippen LogP contribution in [0.5, 0.6) is 5.75 Å². The lowest BCUT2D eigenvalue weighted by molar-refractivity contribution is -0.122. The Morgan fingerprint density at radius 3 is 2.87 bits per heavy atom. The number of sulfonamides is 1. The largest absolute Gasteiger partial charge is 0.479 e. The van der Waals surface area contributed by atoms with Crippen molar-refractivity contribution >= 4 is 21.6 Å². The quantitative estimate of drug-likeness (QED) is 0.852. The van der Waals surface area contributed by atoms with Crippen molar-refractivity contribution in [2.45, 2.75) is 24.5 Å². The monoisotopic (exact) mass is 336 g/mol. The third kappa shape index (κ3) is 3.20. The summed E-state index contributed by atoms with van der Waals surface area (Å²) in [6.45, 7) is 1.69. The molecule has 1 aliphatic rings. The maximum Gasteiger partial charge on any atom is 0.265 e. The maximum atomic E-state index is 12.4. The number of amides is 1. The Morgan fingerprint density at radius 2 is 2.17 bits per heavy atom. The van der Waals surface area contributed by atoms with Crippen LogP contribution in [0, 0.1) is 0 Å². The van der Waals surface area contributed by atoms with E-state index in [4.69, 9.17) is 4.74 Å². The summed E-state index contributed by atoms with van der Waals surface area (Å²) in [6.07, 6.45) is 1.07. The number of carbonyl (C=O) groups excluding carboxylic acids is 1. The zero-order chi connectivity index (χ0) is 16.6. The fourth-order valence-electron chi connectivity index (χ4n) is 2.16. The van der Waals surface area contributed by atoms with Gasteiger partial charge in [0.15, 0.2) is 6.10 Å². The van der Waals surface area contributed by atoms with E-state index in [9.17, 15) is 13.2 Å². The van der Waals surface area contributed by atoms with Crippen LogP contribution in [-0.4, -0.2) is 30.2 Å². The van der Waals surface area contributed by atoms with Crippen LogP contribution in [0.1, 0.15) is 12.6 Å². The molecule has 2 aromatic rings. The summed E-state index contributed by atoms with van der Waals surface area (Å²) >= 11 is 0. The Kier molecular flexibility index (Phi) is 3.82. The molecule has 0 spiro atoms. The molecule has 2 heterocycles. The second-order valence-electron chi connectivity index (χ2n) is 5.21. The number of anilines is 1. The Morgan fingerprint density at radius 1 is 1.39 bits per heavy atom. The molecule has 1 aliphatic heterocycles. The van der Waals surface area contributed by atoms with Crippen molar-refractivity contribution in [1.82, 2.24) is 14.5 Å². The van der Waals surface area contributed by atoms with Crippen molar-refractivity contribution in [3.8, 4) is 5.75 Å². The number of rotatable bonds is 4. The summed E-state index contributed by atoms with van der Waals surface area (Å²) in [5, 5.41) is 6.77. The van der Waals surface area contributed by atoms with E-state index in [0.29, 0.717) is 17.1 Å². The smallest absolute Gasteiger partial charge is 0.265 e. The van der Waals surface area contributed by atoms with Crippen LogP contribution >= 0.6 is 0 Å². The van der Waals surface area contributed by atoms with Gasteiger partial charge in [0.05, 0.1) is 22.8 Å². The van der Waals surface area contributed by atoms with E-state index in [1.54, 1.807) is 30.9 Å². The fraction of sp³-hybridized carbons (Fsp3) is 0.286. The van der Waals surface area contributed by atoms with E-state index in [1.807, 2.05) is 0 Å². The number of fused-ring (bicyclic) bond motifs is 1. The Balaban J connectivity index is 1.80. The summed E-state index contributed by atoms with van der Waals surface area (Å²) < 4.78 is 34.2. The van der Waals surface area contributed by atoms with Gasteiger partial charge >= 0.3 is 0 Å². The third-order valence-corrected chi connectivity index (χ3v) is 4.81. The highest BCUT2D eigenvalue weighted by molar-refractivity contribution is 7.89. The lowest BCUT2D eigenvalue weighted by atomic mass is 10.2.